The molecule has 1 aliphatic rings. The summed E-state index contributed by atoms with van der Waals surface area (Å²) >= 11 is 0. The fourth-order valence-electron chi connectivity index (χ4n) is 2.43. The highest BCUT2D eigenvalue weighted by Crippen LogP contribution is 2.14. The van der Waals surface area contributed by atoms with Gasteiger partial charge >= 0.3 is 0 Å². The molecule has 4 heteroatoms. The number of nitrogens with one attached hydrogen (secondary N) is 3. The highest BCUT2D eigenvalue weighted by Gasteiger charge is 2.17. The first-order chi connectivity index (χ1) is 8.83. The average molecular weight is 243 g/mol. The van der Waals surface area contributed by atoms with Crippen molar-refractivity contribution in [2.75, 3.05) is 13.1 Å². The SMILES string of the molecule is O=C(NC1CCCNC1)c1cc2ccccc2[nH]1. The quantitative estimate of drug-likeness (QED) is 0.751. The van der Waals surface area contributed by atoms with Crippen LogP contribution < -0.4 is 10.6 Å². The summed E-state index contributed by atoms with van der Waals surface area (Å²) in [4.78, 5) is 15.3. The van der Waals surface area contributed by atoms with Crippen LogP contribution in [-0.4, -0.2) is 30.0 Å². The van der Waals surface area contributed by atoms with Crippen molar-refractivity contribution in [3.63, 3.8) is 0 Å². The number of H-pyrrole nitrogens is 1. The van der Waals surface area contributed by atoms with Crippen molar-refractivity contribution in [1.29, 1.82) is 0 Å². The van der Waals surface area contributed by atoms with Gasteiger partial charge in [0.05, 0.1) is 0 Å². The lowest BCUT2D eigenvalue weighted by atomic mass is 10.1. The van der Waals surface area contributed by atoms with Gasteiger partial charge in [-0.25, -0.2) is 0 Å². The number of carbonyl (C=O) groups excluding carboxylic acids is 1. The Bertz CT molecular complexity index is 522. The summed E-state index contributed by atoms with van der Waals surface area (Å²) in [5.74, 6) is -0.0140. The fourth-order valence-corrected chi connectivity index (χ4v) is 2.43. The van der Waals surface area contributed by atoms with Gasteiger partial charge in [0.2, 0.25) is 0 Å². The van der Waals surface area contributed by atoms with Crippen LogP contribution in [0, 0.1) is 0 Å². The van der Waals surface area contributed by atoms with E-state index in [2.05, 4.69) is 15.6 Å². The van der Waals surface area contributed by atoms with E-state index < -0.39 is 0 Å². The molecule has 1 atom stereocenters. The minimum atomic E-state index is -0.0140. The number of amides is 1. The molecule has 1 fully saturated rings. The lowest BCUT2D eigenvalue weighted by Crippen LogP contribution is -2.45. The molecule has 0 saturated carbocycles. The molecule has 1 aliphatic heterocycles. The summed E-state index contributed by atoms with van der Waals surface area (Å²) in [5, 5.41) is 7.43. The van der Waals surface area contributed by atoms with Crippen LogP contribution in [0.3, 0.4) is 0 Å². The molecule has 4 nitrogen and oxygen atoms in total. The topological polar surface area (TPSA) is 56.9 Å². The van der Waals surface area contributed by atoms with Crippen molar-refractivity contribution in [2.24, 2.45) is 0 Å². The van der Waals surface area contributed by atoms with E-state index in [1.165, 1.54) is 0 Å². The molecule has 0 spiro atoms. The number of aromatic amines is 1. The van der Waals surface area contributed by atoms with Crippen molar-refractivity contribution < 1.29 is 4.79 Å². The number of fused-ring (bicyclic) bond motifs is 1. The molecule has 1 unspecified atom stereocenters. The minimum absolute atomic E-state index is 0.0140. The van der Waals surface area contributed by atoms with Gasteiger partial charge in [-0.2, -0.15) is 0 Å². The minimum Gasteiger partial charge on any atom is -0.351 e. The van der Waals surface area contributed by atoms with E-state index in [0.717, 1.165) is 36.8 Å². The molecule has 18 heavy (non-hydrogen) atoms. The zero-order chi connectivity index (χ0) is 12.4. The molecule has 0 radical (unpaired) electrons. The Balaban J connectivity index is 1.74. The molecule has 0 aliphatic carbocycles. The third kappa shape index (κ3) is 2.24. The standard InChI is InChI=1S/C14H17N3O/c18-14(16-11-5-3-7-15-9-11)13-8-10-4-1-2-6-12(10)17-13/h1-2,4,6,8,11,15,17H,3,5,7,9H2,(H,16,18). The third-order valence-electron chi connectivity index (χ3n) is 3.41. The third-order valence-corrected chi connectivity index (χ3v) is 3.41. The molecular weight excluding hydrogens is 226 g/mol. The van der Waals surface area contributed by atoms with Crippen molar-refractivity contribution in [1.82, 2.24) is 15.6 Å². The van der Waals surface area contributed by atoms with Crippen LogP contribution in [0.15, 0.2) is 30.3 Å². The molecule has 1 saturated heterocycles. The summed E-state index contributed by atoms with van der Waals surface area (Å²) in [5.41, 5.74) is 1.64. The maximum atomic E-state index is 12.1. The number of para-hydroxylation sites is 1. The summed E-state index contributed by atoms with van der Waals surface area (Å²) in [6.07, 6.45) is 2.18. The van der Waals surface area contributed by atoms with Crippen LogP contribution in [0.1, 0.15) is 23.3 Å². The normalized spacial score (nSPS) is 19.9. The molecule has 3 rings (SSSR count). The summed E-state index contributed by atoms with van der Waals surface area (Å²) < 4.78 is 0. The molecule has 2 aromatic rings. The van der Waals surface area contributed by atoms with Crippen LogP contribution in [0.25, 0.3) is 10.9 Å². The molecular formula is C14H17N3O. The van der Waals surface area contributed by atoms with Gasteiger partial charge < -0.3 is 15.6 Å². The maximum Gasteiger partial charge on any atom is 0.267 e. The van der Waals surface area contributed by atoms with Gasteiger partial charge in [-0.1, -0.05) is 18.2 Å². The van der Waals surface area contributed by atoms with Crippen LogP contribution in [-0.2, 0) is 0 Å². The van der Waals surface area contributed by atoms with Crippen molar-refractivity contribution >= 4 is 16.8 Å². The van der Waals surface area contributed by atoms with Gasteiger partial charge in [0, 0.05) is 23.5 Å². The van der Waals surface area contributed by atoms with E-state index in [4.69, 9.17) is 0 Å². The monoisotopic (exact) mass is 243 g/mol. The number of aromatic nitrogens is 1. The lowest BCUT2D eigenvalue weighted by molar-refractivity contribution is 0.0926. The predicted octanol–water partition coefficient (Wildman–Crippen LogP) is 1.65. The Labute approximate surface area is 106 Å². The number of hydrogen-bond acceptors (Lipinski definition) is 2. The molecule has 1 aromatic heterocycles. The predicted molar refractivity (Wildman–Crippen MR) is 71.7 cm³/mol. The van der Waals surface area contributed by atoms with Crippen molar-refractivity contribution in [3.8, 4) is 0 Å². The molecule has 94 valence electrons. The Hall–Kier alpha value is -1.81. The number of rotatable bonds is 2. The second-order valence-electron chi connectivity index (χ2n) is 4.79. The van der Waals surface area contributed by atoms with Gasteiger partial charge in [-0.05, 0) is 31.5 Å². The van der Waals surface area contributed by atoms with Crippen LogP contribution in [0.5, 0.6) is 0 Å². The summed E-state index contributed by atoms with van der Waals surface area (Å²) in [6.45, 7) is 1.92. The van der Waals surface area contributed by atoms with E-state index in [1.54, 1.807) is 0 Å². The van der Waals surface area contributed by atoms with E-state index in [1.807, 2.05) is 30.3 Å². The van der Waals surface area contributed by atoms with E-state index in [0.29, 0.717) is 5.69 Å². The highest BCUT2D eigenvalue weighted by atomic mass is 16.1. The van der Waals surface area contributed by atoms with Gasteiger partial charge in [-0.3, -0.25) is 4.79 Å². The first-order valence-electron chi connectivity index (χ1n) is 6.42. The number of hydrogen-bond donors (Lipinski definition) is 3. The van der Waals surface area contributed by atoms with E-state index in [-0.39, 0.29) is 11.9 Å². The van der Waals surface area contributed by atoms with Crippen molar-refractivity contribution in [2.45, 2.75) is 18.9 Å². The zero-order valence-electron chi connectivity index (χ0n) is 10.2. The second kappa shape index (κ2) is 4.82. The average Bonchev–Trinajstić information content (AvgIpc) is 2.84. The first-order valence-corrected chi connectivity index (χ1v) is 6.42. The maximum absolute atomic E-state index is 12.1. The second-order valence-corrected chi connectivity index (χ2v) is 4.79. The van der Waals surface area contributed by atoms with Gasteiger partial charge in [0.1, 0.15) is 5.69 Å². The van der Waals surface area contributed by atoms with Crippen LogP contribution in [0.4, 0.5) is 0 Å². The first kappa shape index (κ1) is 11.3. The largest absolute Gasteiger partial charge is 0.351 e. The molecule has 0 bridgehead atoms. The Morgan fingerprint density at radius 3 is 3.00 bits per heavy atom. The van der Waals surface area contributed by atoms with Gasteiger partial charge in [0.25, 0.3) is 5.91 Å². The number of benzene rings is 1. The zero-order valence-corrected chi connectivity index (χ0v) is 10.2. The fraction of sp³-hybridized carbons (Fsp3) is 0.357. The van der Waals surface area contributed by atoms with Gasteiger partial charge in [0.15, 0.2) is 0 Å². The number of piperidine rings is 1. The molecule has 3 N–H and O–H groups in total. The van der Waals surface area contributed by atoms with Crippen LogP contribution >= 0.6 is 0 Å². The summed E-state index contributed by atoms with van der Waals surface area (Å²) in [7, 11) is 0. The molecule has 2 heterocycles. The Kier molecular flexibility index (Phi) is 3.02. The molecule has 1 amide bonds. The van der Waals surface area contributed by atoms with Crippen LogP contribution in [0.2, 0.25) is 0 Å². The number of carbonyl (C=O) groups is 1. The smallest absolute Gasteiger partial charge is 0.267 e. The highest BCUT2D eigenvalue weighted by molar-refractivity contribution is 5.98. The lowest BCUT2D eigenvalue weighted by Gasteiger charge is -2.23. The summed E-state index contributed by atoms with van der Waals surface area (Å²) in [6, 6.07) is 10.1. The van der Waals surface area contributed by atoms with E-state index >= 15 is 0 Å². The van der Waals surface area contributed by atoms with Crippen molar-refractivity contribution in [3.05, 3.63) is 36.0 Å². The molecule has 1 aromatic carbocycles. The van der Waals surface area contributed by atoms with E-state index in [9.17, 15) is 4.79 Å². The van der Waals surface area contributed by atoms with Gasteiger partial charge in [-0.15, -0.1) is 0 Å². The Morgan fingerprint density at radius 2 is 2.22 bits per heavy atom. The Morgan fingerprint density at radius 1 is 1.33 bits per heavy atom.